The quantitative estimate of drug-likeness (QED) is 0.176. The minimum absolute atomic E-state index is 0.210. The zero-order valence-corrected chi connectivity index (χ0v) is 26.0. The molecule has 0 nitrogen and oxygen atoms in total. The maximum Gasteiger partial charge on any atom is 0.0271 e. The third-order valence-electron chi connectivity index (χ3n) is 12.8. The van der Waals surface area contributed by atoms with E-state index < -0.39 is 0 Å². The van der Waals surface area contributed by atoms with Gasteiger partial charge >= 0.3 is 0 Å². The number of rotatable bonds is 2. The summed E-state index contributed by atoms with van der Waals surface area (Å²) in [7, 11) is 0. The van der Waals surface area contributed by atoms with Gasteiger partial charge in [-0.1, -0.05) is 121 Å². The van der Waals surface area contributed by atoms with E-state index >= 15 is 0 Å². The van der Waals surface area contributed by atoms with Crippen LogP contribution >= 0.6 is 0 Å². The maximum absolute atomic E-state index is 2.58. The Hall–Kier alpha value is -4.68. The van der Waals surface area contributed by atoms with Gasteiger partial charge in [0, 0.05) is 5.41 Å². The van der Waals surface area contributed by atoms with E-state index in [1.807, 2.05) is 0 Å². The Labute approximate surface area is 270 Å². The molecule has 12 rings (SSSR count). The summed E-state index contributed by atoms with van der Waals surface area (Å²) in [6.07, 6.45) is 7.19. The monoisotopic (exact) mass is 588 g/mol. The summed E-state index contributed by atoms with van der Waals surface area (Å²) < 4.78 is 0. The summed E-state index contributed by atoms with van der Waals surface area (Å²) >= 11 is 0. The highest BCUT2D eigenvalue weighted by molar-refractivity contribution is 6.22. The molecule has 0 saturated heterocycles. The van der Waals surface area contributed by atoms with Crippen LogP contribution in [0.3, 0.4) is 0 Å². The van der Waals surface area contributed by atoms with Crippen LogP contribution in [0.25, 0.3) is 65.7 Å². The van der Waals surface area contributed by atoms with Gasteiger partial charge in [-0.3, -0.25) is 0 Å². The first-order chi connectivity index (χ1) is 22.8. The molecule has 7 aromatic rings. The van der Waals surface area contributed by atoms with Crippen LogP contribution in [0, 0.1) is 23.7 Å². The molecule has 0 radical (unpaired) electrons. The third kappa shape index (κ3) is 3.25. The lowest BCUT2D eigenvalue weighted by Crippen LogP contribution is -2.55. The van der Waals surface area contributed by atoms with E-state index in [9.17, 15) is 0 Å². The van der Waals surface area contributed by atoms with Gasteiger partial charge in [-0.25, -0.2) is 0 Å². The van der Waals surface area contributed by atoms with Gasteiger partial charge in [0.2, 0.25) is 0 Å². The Morgan fingerprint density at radius 3 is 1.54 bits per heavy atom. The predicted molar refractivity (Wildman–Crippen MR) is 193 cm³/mol. The molecule has 46 heavy (non-hydrogen) atoms. The molecule has 0 amide bonds. The molecule has 0 aromatic heterocycles. The maximum atomic E-state index is 2.58. The number of hydrogen-bond donors (Lipinski definition) is 0. The second kappa shape index (κ2) is 9.20. The highest BCUT2D eigenvalue weighted by Crippen LogP contribution is 2.69. The van der Waals surface area contributed by atoms with Crippen LogP contribution in [-0.4, -0.2) is 0 Å². The average Bonchev–Trinajstić information content (AvgIpc) is 3.39. The Balaban J connectivity index is 1.17. The molecule has 7 aromatic carbocycles. The summed E-state index contributed by atoms with van der Waals surface area (Å²) in [5.74, 6) is 3.50. The standard InChI is InChI=1S/C46H36/c1-2-10-31-26-32(18-17-30(31)9-1)44-37-12-3-5-14-39(37)45(40-15-6-4-13-38(40)44)33-19-20-43-41(27-33)36-11-7-8-16-42(36)46(43)34-22-28-21-29(24-34)25-35(46)23-28/h1-20,26-29,34-35H,21-25H2. The molecule has 220 valence electrons. The predicted octanol–water partition coefficient (Wildman–Crippen LogP) is 12.2. The fraction of sp³-hybridized carbons (Fsp3) is 0.217. The summed E-state index contributed by atoms with van der Waals surface area (Å²) in [5, 5.41) is 7.88. The molecule has 0 heteroatoms. The van der Waals surface area contributed by atoms with E-state index in [2.05, 4.69) is 133 Å². The van der Waals surface area contributed by atoms with Crippen LogP contribution in [0.5, 0.6) is 0 Å². The van der Waals surface area contributed by atoms with Crippen LogP contribution in [0.15, 0.2) is 133 Å². The smallest absolute Gasteiger partial charge is 0.0271 e. The lowest BCUT2D eigenvalue weighted by atomic mass is 9.43. The zero-order valence-electron chi connectivity index (χ0n) is 26.0. The molecule has 5 aliphatic carbocycles. The van der Waals surface area contributed by atoms with E-state index in [1.165, 1.54) is 97.8 Å². The fourth-order valence-corrected chi connectivity index (χ4v) is 11.4. The van der Waals surface area contributed by atoms with Gasteiger partial charge in [-0.05, 0) is 145 Å². The molecule has 0 unspecified atom stereocenters. The number of hydrogen-bond acceptors (Lipinski definition) is 0. The third-order valence-corrected chi connectivity index (χ3v) is 12.8. The lowest BCUT2D eigenvalue weighted by molar-refractivity contribution is -0.0399. The van der Waals surface area contributed by atoms with Gasteiger partial charge in [0.15, 0.2) is 0 Å². The topological polar surface area (TPSA) is 0 Å². The van der Waals surface area contributed by atoms with Crippen molar-refractivity contribution in [3.63, 3.8) is 0 Å². The zero-order chi connectivity index (χ0) is 30.0. The Kier molecular flexibility index (Phi) is 5.10. The molecule has 0 heterocycles. The fourth-order valence-electron chi connectivity index (χ4n) is 11.4. The highest BCUT2D eigenvalue weighted by Gasteiger charge is 2.61. The van der Waals surface area contributed by atoms with Gasteiger partial charge in [-0.2, -0.15) is 0 Å². The first-order valence-corrected chi connectivity index (χ1v) is 17.4. The lowest BCUT2D eigenvalue weighted by Gasteiger charge is -2.61. The van der Waals surface area contributed by atoms with E-state index in [1.54, 1.807) is 11.1 Å². The first-order valence-electron chi connectivity index (χ1n) is 17.4. The molecular formula is C46H36. The van der Waals surface area contributed by atoms with E-state index in [-0.39, 0.29) is 5.41 Å². The normalized spacial score (nSPS) is 25.5. The number of benzene rings is 7. The molecule has 5 aliphatic rings. The Morgan fingerprint density at radius 1 is 0.391 bits per heavy atom. The molecule has 0 atom stereocenters. The van der Waals surface area contributed by atoms with Crippen molar-refractivity contribution in [1.82, 2.24) is 0 Å². The second-order valence-electron chi connectivity index (χ2n) is 14.9. The van der Waals surface area contributed by atoms with Crippen molar-refractivity contribution in [2.75, 3.05) is 0 Å². The minimum atomic E-state index is 0.210. The van der Waals surface area contributed by atoms with Gasteiger partial charge in [-0.15, -0.1) is 0 Å². The molecular weight excluding hydrogens is 553 g/mol. The molecule has 0 aliphatic heterocycles. The Bertz CT molecular complexity index is 2300. The van der Waals surface area contributed by atoms with Gasteiger partial charge in [0.25, 0.3) is 0 Å². The van der Waals surface area contributed by atoms with Crippen LogP contribution in [0.2, 0.25) is 0 Å². The van der Waals surface area contributed by atoms with Crippen LogP contribution in [0.4, 0.5) is 0 Å². The van der Waals surface area contributed by atoms with Gasteiger partial charge in [0.1, 0.15) is 0 Å². The van der Waals surface area contributed by atoms with Crippen molar-refractivity contribution in [3.05, 3.63) is 145 Å². The van der Waals surface area contributed by atoms with Gasteiger partial charge in [0.05, 0.1) is 0 Å². The van der Waals surface area contributed by atoms with Crippen molar-refractivity contribution in [2.24, 2.45) is 23.7 Å². The summed E-state index contributed by atoms with van der Waals surface area (Å²) in [5.41, 5.74) is 11.8. The number of fused-ring (bicyclic) bond motifs is 6. The highest BCUT2D eigenvalue weighted by atomic mass is 14.6. The van der Waals surface area contributed by atoms with Crippen molar-refractivity contribution >= 4 is 32.3 Å². The first kappa shape index (κ1) is 25.5. The van der Waals surface area contributed by atoms with E-state index in [4.69, 9.17) is 0 Å². The molecule has 4 bridgehead atoms. The van der Waals surface area contributed by atoms with Crippen LogP contribution in [0.1, 0.15) is 43.2 Å². The van der Waals surface area contributed by atoms with Crippen molar-refractivity contribution in [1.29, 1.82) is 0 Å². The molecule has 0 N–H and O–H groups in total. The van der Waals surface area contributed by atoms with E-state index in [0.717, 1.165) is 23.7 Å². The second-order valence-corrected chi connectivity index (χ2v) is 14.9. The van der Waals surface area contributed by atoms with Crippen LogP contribution < -0.4 is 0 Å². The minimum Gasteiger partial charge on any atom is -0.0619 e. The summed E-state index contributed by atoms with van der Waals surface area (Å²) in [6.45, 7) is 0. The summed E-state index contributed by atoms with van der Waals surface area (Å²) in [6, 6.07) is 51.1. The van der Waals surface area contributed by atoms with Gasteiger partial charge < -0.3 is 0 Å². The average molecular weight is 589 g/mol. The van der Waals surface area contributed by atoms with Crippen molar-refractivity contribution in [2.45, 2.75) is 37.5 Å². The van der Waals surface area contributed by atoms with Crippen molar-refractivity contribution in [3.8, 4) is 33.4 Å². The Morgan fingerprint density at radius 2 is 0.891 bits per heavy atom. The molecule has 4 fully saturated rings. The van der Waals surface area contributed by atoms with Crippen LogP contribution in [-0.2, 0) is 5.41 Å². The molecule has 4 saturated carbocycles. The van der Waals surface area contributed by atoms with E-state index in [0.29, 0.717) is 0 Å². The van der Waals surface area contributed by atoms with Crippen molar-refractivity contribution < 1.29 is 0 Å². The summed E-state index contributed by atoms with van der Waals surface area (Å²) in [4.78, 5) is 0. The SMILES string of the molecule is c1ccc2c(c1)-c1cc(-c3c4ccccc4c(-c4ccc5ccccc5c4)c4ccccc34)ccc1C21C2CC3CC(C2)CC1C3. The molecule has 1 spiro atoms. The largest absolute Gasteiger partial charge is 0.0619 e.